The molecule has 4 rings (SSSR count). The number of likely N-dealkylation sites (N-methyl/N-ethyl adjacent to an activating group) is 1. The van der Waals surface area contributed by atoms with Crippen molar-refractivity contribution in [1.29, 1.82) is 0 Å². The smallest absolute Gasteiger partial charge is 0.253 e. The van der Waals surface area contributed by atoms with Gasteiger partial charge in [-0.15, -0.1) is 11.3 Å². The minimum absolute atomic E-state index is 0. The van der Waals surface area contributed by atoms with Crippen LogP contribution >= 0.6 is 11.3 Å². The number of hydrogen-bond donors (Lipinski definition) is 3. The first-order chi connectivity index (χ1) is 35.5. The van der Waals surface area contributed by atoms with Gasteiger partial charge in [-0.05, 0) is 57.4 Å². The number of nitrogens with one attached hydrogen (secondary N) is 3. The van der Waals surface area contributed by atoms with E-state index in [-0.39, 0.29) is 111 Å². The fourth-order valence-electron chi connectivity index (χ4n) is 9.43. The van der Waals surface area contributed by atoms with Crippen molar-refractivity contribution in [3.05, 3.63) is 65.7 Å². The molecule has 7 amide bonds. The summed E-state index contributed by atoms with van der Waals surface area (Å²) in [6.45, 7) is 18.5. The minimum atomic E-state index is -1.35. The molecule has 0 bridgehead atoms. The molecule has 0 radical (unpaired) electrons. The zero-order valence-corrected chi connectivity index (χ0v) is 46.1. The lowest BCUT2D eigenvalue weighted by atomic mass is 9.80. The van der Waals surface area contributed by atoms with Gasteiger partial charge in [-0.1, -0.05) is 77.8 Å². The van der Waals surface area contributed by atoms with Crippen LogP contribution in [0.2, 0.25) is 0 Å². The maximum atomic E-state index is 14.4. The summed E-state index contributed by atoms with van der Waals surface area (Å²) in [6.07, 6.45) is 16.0. The van der Waals surface area contributed by atoms with Gasteiger partial charge in [0.05, 0.1) is 95.4 Å². The van der Waals surface area contributed by atoms with E-state index in [9.17, 15) is 33.6 Å². The van der Waals surface area contributed by atoms with E-state index in [2.05, 4.69) is 47.9 Å². The van der Waals surface area contributed by atoms with Crippen molar-refractivity contribution in [2.75, 3.05) is 80.5 Å². The highest BCUT2D eigenvalue weighted by atomic mass is 32.1. The molecule has 3 aliphatic rings. The van der Waals surface area contributed by atoms with Crippen LogP contribution in [-0.2, 0) is 57.2 Å². The number of carbonyl (C=O) groups is 7. The Morgan fingerprint density at radius 1 is 0.919 bits per heavy atom. The molecule has 420 valence electrons. The summed E-state index contributed by atoms with van der Waals surface area (Å²) in [6, 6.07) is -1.24. The van der Waals surface area contributed by atoms with Crippen molar-refractivity contribution in [1.82, 2.24) is 35.6 Å². The van der Waals surface area contributed by atoms with E-state index in [4.69, 9.17) is 23.7 Å². The molecule has 3 heterocycles. The zero-order chi connectivity index (χ0) is 54.6. The molecule has 1 aromatic rings. The number of nitrogens with zero attached hydrogens (tertiary/aromatic N) is 4. The van der Waals surface area contributed by atoms with Crippen molar-refractivity contribution in [3.8, 4) is 0 Å². The van der Waals surface area contributed by atoms with E-state index < -0.39 is 47.6 Å². The van der Waals surface area contributed by atoms with Gasteiger partial charge in [0, 0.05) is 62.2 Å². The van der Waals surface area contributed by atoms with Crippen molar-refractivity contribution in [2.24, 2.45) is 11.8 Å². The number of hydrogen-bond acceptors (Lipinski definition) is 14. The molecule has 20 heteroatoms. The number of methoxy groups -OCH3 is 2. The Morgan fingerprint density at radius 3 is 2.14 bits per heavy atom. The molecule has 2 aliphatic heterocycles. The van der Waals surface area contributed by atoms with Crippen molar-refractivity contribution < 1.29 is 61.5 Å². The monoisotopic (exact) mass is 1060 g/mol. The van der Waals surface area contributed by atoms with Gasteiger partial charge in [0.2, 0.25) is 29.5 Å². The standard InChI is InChI=1S/C51H77N7O12S.C3H8.3H2/c1-9-15-36(10-2)32-38(49-52-22-31-71-49)54-48(64)35(3)47(67-8)39-18-14-23-57(39)44(62)33-40(66-7)46(37-16-12-11-13-17-37)56(6)45(63)34-53-50(65)51(4,5)55-41(59)21-25-68-27-29-70-30-28-69-26-24-58-42(60)19-20-43(58)61;1-3-2;;;/h9-10,15,19-20,22,31,35,37-40,46-47H,1-2,11-14,16-18,21,23-30,32-34H2,3-8H3,(H,53,65)(H,54,64)(H,55,59);3H2,1-2H3;3*1H/b36-15+;;;;/t35-,38+,39+,40-,46+,47-;;;;/m1..../s1. The maximum absolute atomic E-state index is 14.4. The van der Waals surface area contributed by atoms with E-state index in [1.807, 2.05) is 18.4 Å². The number of amides is 7. The van der Waals surface area contributed by atoms with Crippen LogP contribution in [0.15, 0.2) is 60.7 Å². The normalized spacial score (nSPS) is 18.2. The van der Waals surface area contributed by atoms with Crippen molar-refractivity contribution >= 4 is 52.7 Å². The topological polar surface area (TPSA) is 224 Å². The second kappa shape index (κ2) is 33.7. The molecule has 2 fully saturated rings. The number of rotatable bonds is 32. The van der Waals surface area contributed by atoms with Gasteiger partial charge < -0.3 is 49.4 Å². The fraction of sp³-hybridized carbons (Fsp3) is 0.667. The summed E-state index contributed by atoms with van der Waals surface area (Å²) in [5.74, 6) is -2.99. The van der Waals surface area contributed by atoms with E-state index in [1.54, 1.807) is 63.3 Å². The van der Waals surface area contributed by atoms with E-state index in [0.29, 0.717) is 19.4 Å². The highest BCUT2D eigenvalue weighted by Gasteiger charge is 2.43. The van der Waals surface area contributed by atoms with Crippen LogP contribution in [0.1, 0.15) is 121 Å². The number of aromatic nitrogens is 1. The number of ether oxygens (including phenoxy) is 5. The van der Waals surface area contributed by atoms with E-state index >= 15 is 0 Å². The fourth-order valence-corrected chi connectivity index (χ4v) is 10.1. The van der Waals surface area contributed by atoms with Gasteiger partial charge >= 0.3 is 0 Å². The minimum Gasteiger partial charge on any atom is -0.379 e. The second-order valence-electron chi connectivity index (χ2n) is 19.3. The summed E-state index contributed by atoms with van der Waals surface area (Å²) in [7, 11) is 4.80. The van der Waals surface area contributed by atoms with Crippen LogP contribution in [0.3, 0.4) is 0 Å². The Kier molecular flexibility index (Phi) is 28.8. The number of allylic oxidation sites excluding steroid dienone is 3. The highest BCUT2D eigenvalue weighted by molar-refractivity contribution is 7.09. The third-order valence-corrected chi connectivity index (χ3v) is 14.2. The first kappa shape index (κ1) is 63.2. The van der Waals surface area contributed by atoms with Gasteiger partial charge in [-0.2, -0.15) is 0 Å². The molecular weight excluding hydrogens is 971 g/mol. The van der Waals surface area contributed by atoms with Crippen LogP contribution in [-0.4, -0.2) is 171 Å². The van der Waals surface area contributed by atoms with Crippen LogP contribution < -0.4 is 16.0 Å². The molecule has 1 saturated carbocycles. The lowest BCUT2D eigenvalue weighted by Gasteiger charge is -2.41. The summed E-state index contributed by atoms with van der Waals surface area (Å²) >= 11 is 1.45. The Bertz CT molecular complexity index is 2020. The Labute approximate surface area is 447 Å². The van der Waals surface area contributed by atoms with Crippen LogP contribution in [0, 0.1) is 11.8 Å². The highest BCUT2D eigenvalue weighted by Crippen LogP contribution is 2.34. The molecule has 6 atom stereocenters. The number of thiazole rings is 1. The van der Waals surface area contributed by atoms with Gasteiger partial charge in [-0.25, -0.2) is 4.98 Å². The molecule has 1 aromatic heterocycles. The maximum Gasteiger partial charge on any atom is 0.253 e. The summed E-state index contributed by atoms with van der Waals surface area (Å²) < 4.78 is 28.5. The molecule has 0 spiro atoms. The molecular formula is C54H91N7O12S. The molecule has 1 aliphatic carbocycles. The number of likely N-dealkylation sites (tertiary alicyclic amines) is 1. The molecule has 19 nitrogen and oxygen atoms in total. The Morgan fingerprint density at radius 2 is 1.55 bits per heavy atom. The quantitative estimate of drug-likeness (QED) is 0.0430. The lowest BCUT2D eigenvalue weighted by Crippen LogP contribution is -2.58. The average molecular weight is 1060 g/mol. The third-order valence-electron chi connectivity index (χ3n) is 13.3. The predicted octanol–water partition coefficient (Wildman–Crippen LogP) is 5.97. The SMILES string of the molecule is C=C/C=C(\C=C)C[C@H](NC(=O)[C@H](C)[C@@H](OC)[C@@H]1CCCN1C(=O)C[C@@H](OC)[C@H](C1CCCCC1)N(C)C(=O)CNC(=O)C(C)(C)NC(=O)CCOCCOCCOCCN1C(=O)C=CC1=O)c1nccs1.CCC.[HH].[HH].[HH]. The molecule has 0 unspecified atom stereocenters. The van der Waals surface area contributed by atoms with Crippen molar-refractivity contribution in [2.45, 2.75) is 141 Å². The third kappa shape index (κ3) is 20.2. The summed E-state index contributed by atoms with van der Waals surface area (Å²) in [4.78, 5) is 101. The lowest BCUT2D eigenvalue weighted by molar-refractivity contribution is -0.146. The molecule has 74 heavy (non-hydrogen) atoms. The van der Waals surface area contributed by atoms with Gasteiger partial charge in [0.15, 0.2) is 0 Å². The predicted molar refractivity (Wildman–Crippen MR) is 290 cm³/mol. The Balaban J connectivity index is 0.00000939. The van der Waals surface area contributed by atoms with E-state index in [0.717, 1.165) is 54.0 Å². The first-order valence-electron chi connectivity index (χ1n) is 26.1. The summed E-state index contributed by atoms with van der Waals surface area (Å²) in [5.41, 5.74) is -0.448. The molecule has 1 saturated heterocycles. The second-order valence-corrected chi connectivity index (χ2v) is 20.2. The average Bonchev–Trinajstić information content (AvgIpc) is 4.17. The summed E-state index contributed by atoms with van der Waals surface area (Å²) in [5, 5.41) is 11.2. The van der Waals surface area contributed by atoms with Crippen LogP contribution in [0.5, 0.6) is 0 Å². The van der Waals surface area contributed by atoms with Gasteiger partial charge in [0.25, 0.3) is 11.8 Å². The Hall–Kier alpha value is -5.12. The zero-order valence-electron chi connectivity index (χ0n) is 45.2. The van der Waals surface area contributed by atoms with Crippen LogP contribution in [0.25, 0.3) is 0 Å². The van der Waals surface area contributed by atoms with E-state index in [1.165, 1.54) is 29.9 Å². The number of carbonyl (C=O) groups excluding carboxylic acids is 7. The number of imide groups is 1. The van der Waals surface area contributed by atoms with Crippen molar-refractivity contribution in [3.63, 3.8) is 0 Å². The van der Waals surface area contributed by atoms with Crippen LogP contribution in [0.4, 0.5) is 0 Å². The first-order valence-corrected chi connectivity index (χ1v) is 27.0. The van der Waals surface area contributed by atoms with Gasteiger partial charge in [0.1, 0.15) is 10.5 Å². The molecule has 3 N–H and O–H groups in total. The largest absolute Gasteiger partial charge is 0.379 e. The van der Waals surface area contributed by atoms with Gasteiger partial charge in [-0.3, -0.25) is 38.5 Å². The molecule has 0 aromatic carbocycles.